The van der Waals surface area contributed by atoms with E-state index in [2.05, 4.69) is 0 Å². The first-order valence-corrected chi connectivity index (χ1v) is 10.7. The number of aromatic nitrogens is 2. The van der Waals surface area contributed by atoms with Gasteiger partial charge in [0.15, 0.2) is 10.9 Å². The molecule has 0 spiro atoms. The Hall–Kier alpha value is -2.44. The Morgan fingerprint density at radius 1 is 1.17 bits per heavy atom. The third kappa shape index (κ3) is 4.28. The number of hydrogen-bond acceptors (Lipinski definition) is 5. The molecule has 0 atom stereocenters. The number of carbonyl (C=O) groups excluding carboxylic acids is 1. The molecular weight excluding hydrogens is 384 g/mol. The molecule has 1 heterocycles. The van der Waals surface area contributed by atoms with Gasteiger partial charge in [-0.05, 0) is 68.5 Å². The highest BCUT2D eigenvalue weighted by Crippen LogP contribution is 2.29. The van der Waals surface area contributed by atoms with Crippen molar-refractivity contribution < 1.29 is 9.90 Å². The topological polar surface area (TPSA) is 72.2 Å². The number of benzene rings is 2. The minimum Gasteiger partial charge on any atom is -0.396 e. The number of para-hydroxylation sites is 1. The van der Waals surface area contributed by atoms with Crippen molar-refractivity contribution in [3.63, 3.8) is 0 Å². The maximum Gasteiger partial charge on any atom is 0.262 e. The summed E-state index contributed by atoms with van der Waals surface area (Å²) in [5, 5.41) is 10.4. The Morgan fingerprint density at radius 3 is 2.59 bits per heavy atom. The zero-order valence-corrected chi connectivity index (χ0v) is 18.1. The van der Waals surface area contributed by atoms with Crippen molar-refractivity contribution in [3.8, 4) is 0 Å². The Bertz CT molecular complexity index is 1140. The molecule has 3 aromatic rings. The van der Waals surface area contributed by atoms with Crippen LogP contribution in [0.3, 0.4) is 0 Å². The minimum atomic E-state index is -0.0895. The third-order valence-corrected chi connectivity index (χ3v) is 6.20. The number of aliphatic hydroxyl groups is 1. The lowest BCUT2D eigenvalue weighted by Crippen LogP contribution is -2.24. The van der Waals surface area contributed by atoms with E-state index in [0.29, 0.717) is 34.8 Å². The van der Waals surface area contributed by atoms with Gasteiger partial charge in [0, 0.05) is 24.5 Å². The van der Waals surface area contributed by atoms with E-state index >= 15 is 0 Å². The second-order valence-corrected chi connectivity index (χ2v) is 8.22. The number of Topliss-reactive ketones (excluding diaryl/α,β-unsaturated/α-hetero) is 1. The van der Waals surface area contributed by atoms with Crippen LogP contribution in [-0.4, -0.2) is 27.0 Å². The number of nitrogens with zero attached hydrogens (tertiary/aromatic N) is 2. The summed E-state index contributed by atoms with van der Waals surface area (Å²) >= 11 is 1.49. The quantitative estimate of drug-likeness (QED) is 0.359. The van der Waals surface area contributed by atoms with Crippen molar-refractivity contribution >= 4 is 28.4 Å². The van der Waals surface area contributed by atoms with Crippen LogP contribution in [0.15, 0.2) is 40.3 Å². The van der Waals surface area contributed by atoms with E-state index in [-0.39, 0.29) is 17.9 Å². The first-order chi connectivity index (χ1) is 13.8. The predicted octanol–water partition coefficient (Wildman–Crippen LogP) is 4.20. The summed E-state index contributed by atoms with van der Waals surface area (Å²) in [7, 11) is 0. The molecule has 0 aliphatic carbocycles. The van der Waals surface area contributed by atoms with Crippen LogP contribution >= 0.6 is 11.8 Å². The molecule has 5 nitrogen and oxygen atoms in total. The Balaban J connectivity index is 2.04. The average Bonchev–Trinajstić information content (AvgIpc) is 2.66. The number of fused-ring (bicyclic) bond motifs is 1. The van der Waals surface area contributed by atoms with Crippen LogP contribution < -0.4 is 5.56 Å². The Kier molecular flexibility index (Phi) is 6.55. The van der Waals surface area contributed by atoms with E-state index in [1.165, 1.54) is 11.8 Å². The number of aryl methyl sites for hydroxylation is 2. The van der Waals surface area contributed by atoms with Gasteiger partial charge in [-0.2, -0.15) is 0 Å². The summed E-state index contributed by atoms with van der Waals surface area (Å²) in [6.45, 7) is 8.03. The van der Waals surface area contributed by atoms with Gasteiger partial charge in [-0.25, -0.2) is 4.98 Å². The predicted molar refractivity (Wildman–Crippen MR) is 118 cm³/mol. The minimum absolute atomic E-state index is 0.0154. The summed E-state index contributed by atoms with van der Waals surface area (Å²) in [6, 6.07) is 9.37. The van der Waals surface area contributed by atoms with Gasteiger partial charge in [0.2, 0.25) is 0 Å². The molecule has 1 aromatic heterocycles. The van der Waals surface area contributed by atoms with E-state index < -0.39 is 0 Å². The second kappa shape index (κ2) is 8.93. The highest BCUT2D eigenvalue weighted by Gasteiger charge is 2.16. The average molecular weight is 411 g/mol. The van der Waals surface area contributed by atoms with Crippen LogP contribution in [0.4, 0.5) is 0 Å². The van der Waals surface area contributed by atoms with Crippen LogP contribution in [0.2, 0.25) is 0 Å². The molecule has 1 N–H and O–H groups in total. The number of thioether (sulfide) groups is 1. The third-order valence-electron chi connectivity index (χ3n) is 5.20. The van der Waals surface area contributed by atoms with E-state index in [4.69, 9.17) is 4.98 Å². The molecule has 0 saturated heterocycles. The van der Waals surface area contributed by atoms with E-state index in [9.17, 15) is 14.7 Å². The second-order valence-electron chi connectivity index (χ2n) is 7.28. The van der Waals surface area contributed by atoms with E-state index in [1.807, 2.05) is 45.0 Å². The summed E-state index contributed by atoms with van der Waals surface area (Å²) in [4.78, 5) is 29.8. The fourth-order valence-corrected chi connectivity index (χ4v) is 5.02. The van der Waals surface area contributed by atoms with Crippen LogP contribution in [0.1, 0.15) is 46.0 Å². The van der Waals surface area contributed by atoms with Crippen molar-refractivity contribution in [2.45, 2.75) is 51.6 Å². The van der Waals surface area contributed by atoms with Gasteiger partial charge in [-0.3, -0.25) is 14.2 Å². The normalized spacial score (nSPS) is 11.2. The Labute approximate surface area is 174 Å². The molecule has 0 amide bonds. The van der Waals surface area contributed by atoms with Crippen molar-refractivity contribution in [1.29, 1.82) is 0 Å². The van der Waals surface area contributed by atoms with Gasteiger partial charge in [0.1, 0.15) is 0 Å². The lowest BCUT2D eigenvalue weighted by molar-refractivity contribution is 0.101. The van der Waals surface area contributed by atoms with Crippen LogP contribution in [-0.2, 0) is 12.3 Å². The standard InChI is InChI=1S/C23H26N2O3S/c1-14-12-15(2)21(17(4)27)16(3)19(14)13-29-23-24-20-9-6-5-8-18(20)22(28)25(23)10-7-11-26/h5-6,8-9,12,26H,7,10-11,13H2,1-4H3. The molecule has 0 aliphatic heterocycles. The molecule has 0 fully saturated rings. The Morgan fingerprint density at radius 2 is 1.90 bits per heavy atom. The highest BCUT2D eigenvalue weighted by molar-refractivity contribution is 7.98. The zero-order chi connectivity index (χ0) is 21.1. The summed E-state index contributed by atoms with van der Waals surface area (Å²) in [5.41, 5.74) is 5.56. The van der Waals surface area contributed by atoms with Gasteiger partial charge in [0.25, 0.3) is 5.56 Å². The van der Waals surface area contributed by atoms with Crippen molar-refractivity contribution in [1.82, 2.24) is 9.55 Å². The number of rotatable bonds is 7. The first-order valence-electron chi connectivity index (χ1n) is 9.69. The molecule has 0 unspecified atom stereocenters. The molecular formula is C23H26N2O3S. The van der Waals surface area contributed by atoms with E-state index in [1.54, 1.807) is 17.6 Å². The molecule has 0 bridgehead atoms. The van der Waals surface area contributed by atoms with E-state index in [0.717, 1.165) is 27.8 Å². The fraction of sp³-hybridized carbons (Fsp3) is 0.348. The highest BCUT2D eigenvalue weighted by atomic mass is 32.2. The molecule has 6 heteroatoms. The number of aliphatic hydroxyl groups excluding tert-OH is 1. The first kappa shape index (κ1) is 21.3. The lowest BCUT2D eigenvalue weighted by Gasteiger charge is -2.17. The number of hydrogen-bond donors (Lipinski definition) is 1. The largest absolute Gasteiger partial charge is 0.396 e. The summed E-state index contributed by atoms with van der Waals surface area (Å²) in [5.74, 6) is 0.678. The van der Waals surface area contributed by atoms with Crippen LogP contribution in [0.5, 0.6) is 0 Å². The van der Waals surface area contributed by atoms with Gasteiger partial charge < -0.3 is 5.11 Å². The van der Waals surface area contributed by atoms with Gasteiger partial charge in [-0.15, -0.1) is 0 Å². The number of ketones is 1. The summed E-state index contributed by atoms with van der Waals surface area (Å²) < 4.78 is 1.65. The molecule has 2 aromatic carbocycles. The molecule has 29 heavy (non-hydrogen) atoms. The van der Waals surface area contributed by atoms with Crippen molar-refractivity contribution in [2.24, 2.45) is 0 Å². The maximum absolute atomic E-state index is 13.0. The zero-order valence-electron chi connectivity index (χ0n) is 17.3. The maximum atomic E-state index is 13.0. The molecule has 152 valence electrons. The van der Waals surface area contributed by atoms with Gasteiger partial charge >= 0.3 is 0 Å². The van der Waals surface area contributed by atoms with Gasteiger partial charge in [-0.1, -0.05) is 30.0 Å². The SMILES string of the molecule is CC(=O)c1c(C)cc(C)c(CSc2nc3ccccc3c(=O)n2CCCO)c1C. The monoisotopic (exact) mass is 410 g/mol. The van der Waals surface area contributed by atoms with Crippen LogP contribution in [0, 0.1) is 20.8 Å². The fourth-order valence-electron chi connectivity index (χ4n) is 3.81. The van der Waals surface area contributed by atoms with Crippen molar-refractivity contribution in [3.05, 3.63) is 68.5 Å². The van der Waals surface area contributed by atoms with Gasteiger partial charge in [0.05, 0.1) is 10.9 Å². The van der Waals surface area contributed by atoms with Crippen molar-refractivity contribution in [2.75, 3.05) is 6.61 Å². The molecule has 0 aliphatic rings. The summed E-state index contributed by atoms with van der Waals surface area (Å²) in [6.07, 6.45) is 0.491. The smallest absolute Gasteiger partial charge is 0.262 e. The molecule has 0 saturated carbocycles. The molecule has 0 radical (unpaired) electrons. The number of carbonyl (C=O) groups is 1. The van der Waals surface area contributed by atoms with Crippen LogP contribution in [0.25, 0.3) is 10.9 Å². The molecule has 3 rings (SSSR count). The lowest BCUT2D eigenvalue weighted by atomic mass is 9.92.